The second kappa shape index (κ2) is 4.01. The lowest BCUT2D eigenvalue weighted by molar-refractivity contribution is 0.0739. The summed E-state index contributed by atoms with van der Waals surface area (Å²) in [6.45, 7) is 2.22. The Bertz CT molecular complexity index is 506. The van der Waals surface area contributed by atoms with Crippen LogP contribution in [0, 0.1) is 0 Å². The van der Waals surface area contributed by atoms with Crippen molar-refractivity contribution in [3.05, 3.63) is 29.2 Å². The molecule has 1 atom stereocenters. The maximum Gasteiger partial charge on any atom is 0.162 e. The Morgan fingerprint density at radius 2 is 2.44 bits per heavy atom. The molecule has 0 spiro atoms. The monoisotopic (exact) mass is 238 g/mol. The molecule has 0 aliphatic carbocycles. The van der Waals surface area contributed by atoms with Crippen molar-refractivity contribution in [2.24, 2.45) is 0 Å². The Hall–Kier alpha value is -1.17. The molecule has 1 unspecified atom stereocenters. The molecule has 3 heterocycles. The Morgan fingerprint density at radius 3 is 3.25 bits per heavy atom. The van der Waals surface area contributed by atoms with Gasteiger partial charge in [0.25, 0.3) is 0 Å². The van der Waals surface area contributed by atoms with Crippen molar-refractivity contribution in [1.29, 1.82) is 0 Å². The summed E-state index contributed by atoms with van der Waals surface area (Å²) >= 11 is 5.89. The van der Waals surface area contributed by atoms with E-state index in [1.54, 1.807) is 6.07 Å². The molecule has 6 heteroatoms. The second-order valence-corrected chi connectivity index (χ2v) is 4.15. The Morgan fingerprint density at radius 1 is 1.50 bits per heavy atom. The highest BCUT2D eigenvalue weighted by atomic mass is 35.5. The number of hydrogen-bond donors (Lipinski definition) is 1. The molecule has 0 aromatic carbocycles. The summed E-state index contributed by atoms with van der Waals surface area (Å²) in [5.74, 6) is 0.867. The van der Waals surface area contributed by atoms with E-state index in [4.69, 9.17) is 16.3 Å². The van der Waals surface area contributed by atoms with E-state index >= 15 is 0 Å². The lowest BCUT2D eigenvalue weighted by Crippen LogP contribution is -2.35. The largest absolute Gasteiger partial charge is 0.378 e. The highest BCUT2D eigenvalue weighted by Gasteiger charge is 2.20. The van der Waals surface area contributed by atoms with E-state index < -0.39 is 0 Å². The maximum absolute atomic E-state index is 5.89. The zero-order valence-corrected chi connectivity index (χ0v) is 9.31. The number of aromatic nitrogens is 3. The summed E-state index contributed by atoms with van der Waals surface area (Å²) in [6.07, 6.45) is 1.88. The number of nitrogens with zero attached hydrogens (tertiary/aromatic N) is 3. The number of halogens is 1. The molecule has 0 saturated carbocycles. The van der Waals surface area contributed by atoms with E-state index in [1.807, 2.05) is 16.7 Å². The normalized spacial score (nSPS) is 21.4. The Labute approximate surface area is 97.4 Å². The zero-order chi connectivity index (χ0) is 11.0. The summed E-state index contributed by atoms with van der Waals surface area (Å²) in [5.41, 5.74) is 0.759. The van der Waals surface area contributed by atoms with Gasteiger partial charge in [0.05, 0.1) is 19.3 Å². The third-order valence-electron chi connectivity index (χ3n) is 2.63. The lowest BCUT2D eigenvalue weighted by Gasteiger charge is -2.22. The van der Waals surface area contributed by atoms with Crippen LogP contribution in [0.1, 0.15) is 11.9 Å². The van der Waals surface area contributed by atoms with E-state index in [1.165, 1.54) is 0 Å². The van der Waals surface area contributed by atoms with Gasteiger partial charge in [0.15, 0.2) is 11.5 Å². The topological polar surface area (TPSA) is 51.5 Å². The quantitative estimate of drug-likeness (QED) is 0.807. The number of morpholine rings is 1. The number of nitrogens with one attached hydrogen (secondary N) is 1. The summed E-state index contributed by atoms with van der Waals surface area (Å²) in [7, 11) is 0. The molecule has 0 radical (unpaired) electrons. The highest BCUT2D eigenvalue weighted by Crippen LogP contribution is 2.17. The minimum absolute atomic E-state index is 0.102. The number of fused-ring (bicyclic) bond motifs is 1. The van der Waals surface area contributed by atoms with Crippen molar-refractivity contribution in [1.82, 2.24) is 19.9 Å². The number of rotatable bonds is 1. The van der Waals surface area contributed by atoms with Crippen LogP contribution in [0.3, 0.4) is 0 Å². The van der Waals surface area contributed by atoms with Crippen molar-refractivity contribution in [3.63, 3.8) is 0 Å². The van der Waals surface area contributed by atoms with Gasteiger partial charge in [-0.15, -0.1) is 10.2 Å². The van der Waals surface area contributed by atoms with E-state index in [0.29, 0.717) is 11.6 Å². The van der Waals surface area contributed by atoms with Crippen molar-refractivity contribution >= 4 is 17.2 Å². The van der Waals surface area contributed by atoms with Crippen LogP contribution < -0.4 is 5.32 Å². The fourth-order valence-corrected chi connectivity index (χ4v) is 2.01. The molecular formula is C10H11ClN4O. The van der Waals surface area contributed by atoms with Crippen LogP contribution in [-0.2, 0) is 4.74 Å². The first-order valence-electron chi connectivity index (χ1n) is 5.16. The van der Waals surface area contributed by atoms with E-state index in [2.05, 4.69) is 15.5 Å². The molecule has 1 fully saturated rings. The van der Waals surface area contributed by atoms with Gasteiger partial charge in [0.1, 0.15) is 0 Å². The van der Waals surface area contributed by atoms with Gasteiger partial charge in [-0.3, -0.25) is 4.40 Å². The molecule has 0 bridgehead atoms. The maximum atomic E-state index is 5.89. The molecule has 2 aromatic heterocycles. The molecule has 1 saturated heterocycles. The van der Waals surface area contributed by atoms with Gasteiger partial charge in [0, 0.05) is 23.8 Å². The third kappa shape index (κ3) is 1.67. The molecule has 1 aliphatic heterocycles. The lowest BCUT2D eigenvalue weighted by atomic mass is 10.2. The predicted molar refractivity (Wildman–Crippen MR) is 59.6 cm³/mol. The standard InChI is InChI=1S/C10H11ClN4O/c11-7-1-3-15-9(5-7)13-14-10(15)8-6-16-4-2-12-8/h1,3,5,8,12H,2,4,6H2. The van der Waals surface area contributed by atoms with Gasteiger partial charge >= 0.3 is 0 Å². The summed E-state index contributed by atoms with van der Waals surface area (Å²) in [4.78, 5) is 0. The molecule has 1 N–H and O–H groups in total. The summed E-state index contributed by atoms with van der Waals surface area (Å²) < 4.78 is 7.34. The summed E-state index contributed by atoms with van der Waals surface area (Å²) in [6, 6.07) is 3.72. The van der Waals surface area contributed by atoms with Crippen LogP contribution >= 0.6 is 11.6 Å². The second-order valence-electron chi connectivity index (χ2n) is 3.71. The van der Waals surface area contributed by atoms with Crippen LogP contribution in [0.25, 0.3) is 5.65 Å². The minimum Gasteiger partial charge on any atom is -0.378 e. The SMILES string of the molecule is Clc1ccn2c(C3COCCN3)nnc2c1. The van der Waals surface area contributed by atoms with E-state index in [-0.39, 0.29) is 6.04 Å². The molecule has 2 aromatic rings. The molecule has 0 amide bonds. The van der Waals surface area contributed by atoms with Crippen molar-refractivity contribution in [2.45, 2.75) is 6.04 Å². The van der Waals surface area contributed by atoms with Crippen LogP contribution in [0.2, 0.25) is 5.02 Å². The third-order valence-corrected chi connectivity index (χ3v) is 2.87. The van der Waals surface area contributed by atoms with Gasteiger partial charge < -0.3 is 10.1 Å². The molecule has 3 rings (SSSR count). The Balaban J connectivity index is 2.03. The van der Waals surface area contributed by atoms with Gasteiger partial charge in [-0.05, 0) is 6.07 Å². The highest BCUT2D eigenvalue weighted by molar-refractivity contribution is 6.30. The van der Waals surface area contributed by atoms with Crippen LogP contribution in [0.5, 0.6) is 0 Å². The molecular weight excluding hydrogens is 228 g/mol. The van der Waals surface area contributed by atoms with Gasteiger partial charge in [-0.2, -0.15) is 0 Å². The number of pyridine rings is 1. The first-order valence-corrected chi connectivity index (χ1v) is 5.54. The van der Waals surface area contributed by atoms with Gasteiger partial charge in [-0.25, -0.2) is 0 Å². The van der Waals surface area contributed by atoms with E-state index in [9.17, 15) is 0 Å². The summed E-state index contributed by atoms with van der Waals surface area (Å²) in [5, 5.41) is 12.3. The van der Waals surface area contributed by atoms with Gasteiger partial charge in [0.2, 0.25) is 0 Å². The molecule has 5 nitrogen and oxygen atoms in total. The average Bonchev–Trinajstić information content (AvgIpc) is 2.73. The minimum atomic E-state index is 0.102. The zero-order valence-electron chi connectivity index (χ0n) is 8.56. The first-order chi connectivity index (χ1) is 7.84. The number of hydrogen-bond acceptors (Lipinski definition) is 4. The van der Waals surface area contributed by atoms with Crippen LogP contribution in [0.15, 0.2) is 18.3 Å². The fraction of sp³-hybridized carbons (Fsp3) is 0.400. The van der Waals surface area contributed by atoms with Crippen LogP contribution in [0.4, 0.5) is 0 Å². The van der Waals surface area contributed by atoms with E-state index in [0.717, 1.165) is 24.6 Å². The van der Waals surface area contributed by atoms with Gasteiger partial charge in [-0.1, -0.05) is 11.6 Å². The van der Waals surface area contributed by atoms with Crippen LogP contribution in [-0.4, -0.2) is 34.4 Å². The first kappa shape index (κ1) is 10.0. The predicted octanol–water partition coefficient (Wildman–Crippen LogP) is 1.04. The molecule has 84 valence electrons. The van der Waals surface area contributed by atoms with Crippen molar-refractivity contribution in [2.75, 3.05) is 19.8 Å². The molecule has 16 heavy (non-hydrogen) atoms. The average molecular weight is 239 g/mol. The van der Waals surface area contributed by atoms with Crippen molar-refractivity contribution < 1.29 is 4.74 Å². The Kier molecular flexibility index (Phi) is 2.51. The van der Waals surface area contributed by atoms with Crippen molar-refractivity contribution in [3.8, 4) is 0 Å². The fourth-order valence-electron chi connectivity index (χ4n) is 1.85. The smallest absolute Gasteiger partial charge is 0.162 e. The molecule has 1 aliphatic rings. The number of ether oxygens (including phenoxy) is 1.